The zero-order chi connectivity index (χ0) is 20.3. The van der Waals surface area contributed by atoms with Gasteiger partial charge in [0.05, 0.1) is 17.7 Å². The van der Waals surface area contributed by atoms with Crippen LogP contribution in [0.1, 0.15) is 59.1 Å². The Morgan fingerprint density at radius 2 is 1.75 bits per heavy atom. The van der Waals surface area contributed by atoms with Crippen molar-refractivity contribution >= 4 is 23.5 Å². The maximum atomic E-state index is 12.6. The Hall–Kier alpha value is -3.09. The third kappa shape index (κ3) is 4.24. The maximum Gasteiger partial charge on any atom is 0.306 e. The first-order chi connectivity index (χ1) is 13.4. The Morgan fingerprint density at radius 1 is 1.11 bits per heavy atom. The highest BCUT2D eigenvalue weighted by atomic mass is 16.4. The third-order valence-corrected chi connectivity index (χ3v) is 4.99. The lowest BCUT2D eigenvalue weighted by molar-refractivity contribution is -0.143. The number of rotatable bonds is 5. The van der Waals surface area contributed by atoms with E-state index in [2.05, 4.69) is 5.32 Å². The molecule has 1 aromatic heterocycles. The lowest BCUT2D eigenvalue weighted by Gasteiger charge is -2.30. The first-order valence-electron chi connectivity index (χ1n) is 9.37. The first-order valence-corrected chi connectivity index (χ1v) is 9.37. The zero-order valence-corrected chi connectivity index (χ0v) is 16.0. The number of carboxylic acids is 1. The Balaban J connectivity index is 1.62. The van der Waals surface area contributed by atoms with E-state index in [1.165, 1.54) is 6.26 Å². The smallest absolute Gasteiger partial charge is 0.306 e. The summed E-state index contributed by atoms with van der Waals surface area (Å²) in [5, 5.41) is 11.9. The molecule has 0 radical (unpaired) electrons. The van der Waals surface area contributed by atoms with Crippen LogP contribution in [-0.4, -0.2) is 40.9 Å². The molecule has 2 amide bonds. The highest BCUT2D eigenvalue weighted by molar-refractivity contribution is 6.05. The molecule has 7 nitrogen and oxygen atoms in total. The number of carbonyl (C=O) groups excluding carboxylic acids is 2. The highest BCUT2D eigenvalue weighted by Crippen LogP contribution is 2.23. The summed E-state index contributed by atoms with van der Waals surface area (Å²) in [4.78, 5) is 37.8. The quantitative estimate of drug-likeness (QED) is 0.821. The summed E-state index contributed by atoms with van der Waals surface area (Å²) in [5.74, 6) is -0.827. The number of piperidine rings is 1. The first kappa shape index (κ1) is 19.7. The van der Waals surface area contributed by atoms with Crippen molar-refractivity contribution < 1.29 is 23.9 Å². The van der Waals surface area contributed by atoms with Gasteiger partial charge in [-0.2, -0.15) is 0 Å². The molecule has 0 atom stereocenters. The molecule has 0 bridgehead atoms. The van der Waals surface area contributed by atoms with Crippen molar-refractivity contribution in [2.24, 2.45) is 5.92 Å². The Labute approximate surface area is 163 Å². The van der Waals surface area contributed by atoms with E-state index in [-0.39, 0.29) is 23.7 Å². The van der Waals surface area contributed by atoms with Gasteiger partial charge in [0.15, 0.2) is 0 Å². The number of amides is 2. The topological polar surface area (TPSA) is 99.9 Å². The number of hydrogen-bond donors (Lipinski definition) is 2. The standard InChI is InChI=1S/C21H24N2O5/c1-13(2)18-17(9-12-28-18)19(24)22-16-5-3-14(4-6-16)20(25)23-10-7-15(8-11-23)21(26)27/h3-6,9,12-13,15H,7-8,10-11H2,1-2H3,(H,22,24)(H,26,27). The number of furan rings is 1. The molecule has 1 aliphatic rings. The van der Waals surface area contributed by atoms with E-state index in [4.69, 9.17) is 9.52 Å². The van der Waals surface area contributed by atoms with Crippen LogP contribution in [0.25, 0.3) is 0 Å². The van der Waals surface area contributed by atoms with E-state index in [9.17, 15) is 14.4 Å². The normalized spacial score (nSPS) is 14.9. The summed E-state index contributed by atoms with van der Waals surface area (Å²) in [5.41, 5.74) is 1.59. The summed E-state index contributed by atoms with van der Waals surface area (Å²) in [6.45, 7) is 4.78. The van der Waals surface area contributed by atoms with Crippen LogP contribution in [0.2, 0.25) is 0 Å². The second kappa shape index (κ2) is 8.29. The fourth-order valence-electron chi connectivity index (χ4n) is 3.36. The highest BCUT2D eigenvalue weighted by Gasteiger charge is 2.27. The number of carboxylic acid groups (broad SMARTS) is 1. The second-order valence-corrected chi connectivity index (χ2v) is 7.29. The largest absolute Gasteiger partial charge is 0.481 e. The summed E-state index contributed by atoms with van der Waals surface area (Å²) in [6, 6.07) is 8.34. The molecule has 0 unspecified atom stereocenters. The van der Waals surface area contributed by atoms with E-state index in [1.54, 1.807) is 35.2 Å². The van der Waals surface area contributed by atoms with Crippen molar-refractivity contribution in [3.63, 3.8) is 0 Å². The minimum atomic E-state index is -0.801. The van der Waals surface area contributed by atoms with Crippen LogP contribution < -0.4 is 5.32 Å². The van der Waals surface area contributed by atoms with Crippen molar-refractivity contribution in [3.05, 3.63) is 53.5 Å². The van der Waals surface area contributed by atoms with Crippen molar-refractivity contribution in [1.29, 1.82) is 0 Å². The monoisotopic (exact) mass is 384 g/mol. The molecule has 1 aliphatic heterocycles. The van der Waals surface area contributed by atoms with Gasteiger partial charge in [0, 0.05) is 30.3 Å². The number of nitrogens with zero attached hydrogens (tertiary/aromatic N) is 1. The Morgan fingerprint density at radius 3 is 2.32 bits per heavy atom. The van der Waals surface area contributed by atoms with Crippen LogP contribution in [0.5, 0.6) is 0 Å². The minimum absolute atomic E-state index is 0.0982. The van der Waals surface area contributed by atoms with Crippen molar-refractivity contribution in [1.82, 2.24) is 4.90 Å². The molecule has 28 heavy (non-hydrogen) atoms. The van der Waals surface area contributed by atoms with Crippen LogP contribution in [0.15, 0.2) is 41.0 Å². The van der Waals surface area contributed by atoms with E-state index >= 15 is 0 Å². The predicted molar refractivity (Wildman–Crippen MR) is 103 cm³/mol. The van der Waals surface area contributed by atoms with Gasteiger partial charge in [-0.05, 0) is 43.2 Å². The number of likely N-dealkylation sites (tertiary alicyclic amines) is 1. The number of carbonyl (C=O) groups is 3. The molecule has 2 N–H and O–H groups in total. The average molecular weight is 384 g/mol. The molecule has 1 saturated heterocycles. The fraction of sp³-hybridized carbons (Fsp3) is 0.381. The molecule has 0 saturated carbocycles. The number of benzene rings is 1. The molecular weight excluding hydrogens is 360 g/mol. The lowest BCUT2D eigenvalue weighted by Crippen LogP contribution is -2.40. The van der Waals surface area contributed by atoms with Gasteiger partial charge < -0.3 is 19.7 Å². The van der Waals surface area contributed by atoms with Crippen LogP contribution in [0.3, 0.4) is 0 Å². The number of hydrogen-bond acceptors (Lipinski definition) is 4. The third-order valence-electron chi connectivity index (χ3n) is 4.99. The van der Waals surface area contributed by atoms with E-state index < -0.39 is 5.97 Å². The zero-order valence-electron chi connectivity index (χ0n) is 16.0. The van der Waals surface area contributed by atoms with Crippen molar-refractivity contribution in [3.8, 4) is 0 Å². The van der Waals surface area contributed by atoms with Crippen molar-refractivity contribution in [2.45, 2.75) is 32.6 Å². The van der Waals surface area contributed by atoms with Crippen LogP contribution >= 0.6 is 0 Å². The summed E-state index contributed by atoms with van der Waals surface area (Å²) < 4.78 is 5.38. The van der Waals surface area contributed by atoms with Crippen LogP contribution in [-0.2, 0) is 4.79 Å². The fourth-order valence-corrected chi connectivity index (χ4v) is 3.36. The van der Waals surface area contributed by atoms with E-state index in [1.807, 2.05) is 13.8 Å². The van der Waals surface area contributed by atoms with Gasteiger partial charge in [-0.15, -0.1) is 0 Å². The Kier molecular flexibility index (Phi) is 5.82. The van der Waals surface area contributed by atoms with Gasteiger partial charge in [0.2, 0.25) is 0 Å². The number of anilines is 1. The van der Waals surface area contributed by atoms with E-state index in [0.29, 0.717) is 48.5 Å². The summed E-state index contributed by atoms with van der Waals surface area (Å²) >= 11 is 0. The maximum absolute atomic E-state index is 12.6. The molecule has 2 aromatic rings. The summed E-state index contributed by atoms with van der Waals surface area (Å²) in [7, 11) is 0. The SMILES string of the molecule is CC(C)c1occc1C(=O)Nc1ccc(C(=O)N2CCC(C(=O)O)CC2)cc1. The molecule has 2 heterocycles. The molecular formula is C21H24N2O5. The second-order valence-electron chi connectivity index (χ2n) is 7.29. The number of aliphatic carboxylic acids is 1. The van der Waals surface area contributed by atoms with Crippen LogP contribution in [0, 0.1) is 5.92 Å². The lowest BCUT2D eigenvalue weighted by atomic mass is 9.96. The van der Waals surface area contributed by atoms with Crippen LogP contribution in [0.4, 0.5) is 5.69 Å². The van der Waals surface area contributed by atoms with Gasteiger partial charge >= 0.3 is 5.97 Å². The van der Waals surface area contributed by atoms with Gasteiger partial charge in [0.1, 0.15) is 5.76 Å². The minimum Gasteiger partial charge on any atom is -0.481 e. The molecule has 7 heteroatoms. The average Bonchev–Trinajstić information content (AvgIpc) is 3.18. The predicted octanol–water partition coefficient (Wildman–Crippen LogP) is 3.59. The van der Waals surface area contributed by atoms with Gasteiger partial charge in [-0.1, -0.05) is 13.8 Å². The van der Waals surface area contributed by atoms with E-state index in [0.717, 1.165) is 0 Å². The molecule has 1 fully saturated rings. The molecule has 0 spiro atoms. The van der Waals surface area contributed by atoms with Gasteiger partial charge in [-0.25, -0.2) is 0 Å². The Bertz CT molecular complexity index is 861. The van der Waals surface area contributed by atoms with Gasteiger partial charge in [-0.3, -0.25) is 14.4 Å². The number of nitrogens with one attached hydrogen (secondary N) is 1. The van der Waals surface area contributed by atoms with Gasteiger partial charge in [0.25, 0.3) is 11.8 Å². The molecule has 148 valence electrons. The van der Waals surface area contributed by atoms with Crippen molar-refractivity contribution in [2.75, 3.05) is 18.4 Å². The summed E-state index contributed by atoms with van der Waals surface area (Å²) in [6.07, 6.45) is 2.44. The molecule has 0 aliphatic carbocycles. The molecule has 3 rings (SSSR count). The molecule has 1 aromatic carbocycles.